The van der Waals surface area contributed by atoms with Crippen LogP contribution in [-0.4, -0.2) is 43.8 Å². The first-order valence-corrected chi connectivity index (χ1v) is 6.41. The van der Waals surface area contributed by atoms with Crippen LogP contribution in [0.15, 0.2) is 0 Å². The molecule has 18 heavy (non-hydrogen) atoms. The lowest BCUT2D eigenvalue weighted by atomic mass is 10.2. The van der Waals surface area contributed by atoms with Gasteiger partial charge in [0, 0.05) is 13.2 Å². The van der Waals surface area contributed by atoms with Crippen molar-refractivity contribution >= 4 is 11.9 Å². The summed E-state index contributed by atoms with van der Waals surface area (Å²) in [6, 6.07) is -0.806. The Morgan fingerprint density at radius 1 is 1.33 bits per heavy atom. The summed E-state index contributed by atoms with van der Waals surface area (Å²) < 4.78 is 5.15. The minimum absolute atomic E-state index is 0.0518. The summed E-state index contributed by atoms with van der Waals surface area (Å²) in [6.45, 7) is 7.54. The fraction of sp³-hybridized carbons (Fsp3) is 0.833. The lowest BCUT2D eigenvalue weighted by Crippen LogP contribution is -2.51. The second-order valence-electron chi connectivity index (χ2n) is 5.04. The lowest BCUT2D eigenvalue weighted by Gasteiger charge is -2.17. The van der Waals surface area contributed by atoms with E-state index < -0.39 is 6.04 Å². The first-order chi connectivity index (χ1) is 8.49. The summed E-state index contributed by atoms with van der Waals surface area (Å²) in [4.78, 5) is 23.2. The van der Waals surface area contributed by atoms with Crippen LogP contribution < -0.4 is 16.0 Å². The smallest absolute Gasteiger partial charge is 0.315 e. The van der Waals surface area contributed by atoms with Gasteiger partial charge >= 0.3 is 6.03 Å². The maximum absolute atomic E-state index is 11.6. The molecule has 1 saturated heterocycles. The summed E-state index contributed by atoms with van der Waals surface area (Å²) in [5.41, 5.74) is 0. The van der Waals surface area contributed by atoms with Gasteiger partial charge < -0.3 is 20.7 Å². The first kappa shape index (κ1) is 14.8. The molecule has 3 amide bonds. The Hall–Kier alpha value is -1.30. The van der Waals surface area contributed by atoms with Crippen molar-refractivity contribution in [2.24, 2.45) is 5.92 Å². The number of ether oxygens (including phenoxy) is 1. The molecule has 0 radical (unpaired) electrons. The van der Waals surface area contributed by atoms with E-state index in [-0.39, 0.29) is 18.0 Å². The Morgan fingerprint density at radius 3 is 2.61 bits per heavy atom. The lowest BCUT2D eigenvalue weighted by molar-refractivity contribution is -0.122. The third-order valence-electron chi connectivity index (χ3n) is 2.69. The van der Waals surface area contributed by atoms with E-state index in [0.29, 0.717) is 25.7 Å². The van der Waals surface area contributed by atoms with Gasteiger partial charge in [-0.1, -0.05) is 13.8 Å². The van der Waals surface area contributed by atoms with E-state index in [1.807, 2.05) is 13.8 Å². The molecule has 2 unspecified atom stereocenters. The van der Waals surface area contributed by atoms with Crippen molar-refractivity contribution in [3.8, 4) is 0 Å². The number of carbonyl (C=O) groups is 2. The molecule has 1 aliphatic rings. The Bertz CT molecular complexity index is 288. The van der Waals surface area contributed by atoms with E-state index in [1.165, 1.54) is 0 Å². The molecule has 1 aliphatic heterocycles. The van der Waals surface area contributed by atoms with Gasteiger partial charge in [0.25, 0.3) is 0 Å². The molecule has 0 aromatic heterocycles. The molecule has 0 aliphatic carbocycles. The summed E-state index contributed by atoms with van der Waals surface area (Å²) in [6.07, 6.45) is 0.821. The molecule has 0 aromatic rings. The van der Waals surface area contributed by atoms with Gasteiger partial charge in [-0.15, -0.1) is 0 Å². The van der Waals surface area contributed by atoms with Crippen LogP contribution in [0.25, 0.3) is 0 Å². The molecule has 0 aromatic carbocycles. The second kappa shape index (κ2) is 7.20. The predicted octanol–water partition coefficient (Wildman–Crippen LogP) is 0.235. The van der Waals surface area contributed by atoms with Crippen LogP contribution in [0.2, 0.25) is 0 Å². The summed E-state index contributed by atoms with van der Waals surface area (Å²) >= 11 is 0. The van der Waals surface area contributed by atoms with Crippen molar-refractivity contribution in [2.75, 3.05) is 19.8 Å². The molecular weight excluding hydrogens is 234 g/mol. The van der Waals surface area contributed by atoms with Crippen molar-refractivity contribution in [3.05, 3.63) is 0 Å². The van der Waals surface area contributed by atoms with Crippen LogP contribution in [0.3, 0.4) is 0 Å². The average Bonchev–Trinajstić information content (AvgIpc) is 2.78. The second-order valence-corrected chi connectivity index (χ2v) is 5.04. The molecule has 6 nitrogen and oxygen atoms in total. The zero-order valence-corrected chi connectivity index (χ0v) is 11.3. The molecule has 1 heterocycles. The first-order valence-electron chi connectivity index (χ1n) is 6.41. The van der Waals surface area contributed by atoms with Gasteiger partial charge in [-0.3, -0.25) is 4.79 Å². The molecule has 6 heteroatoms. The highest BCUT2D eigenvalue weighted by molar-refractivity contribution is 5.86. The molecule has 2 atom stereocenters. The van der Waals surface area contributed by atoms with Crippen molar-refractivity contribution in [1.82, 2.24) is 16.0 Å². The molecular formula is C12H23N3O3. The monoisotopic (exact) mass is 257 g/mol. The van der Waals surface area contributed by atoms with Gasteiger partial charge in [0.05, 0.1) is 12.6 Å². The minimum Gasteiger partial charge on any atom is -0.379 e. The zero-order chi connectivity index (χ0) is 13.5. The van der Waals surface area contributed by atoms with Gasteiger partial charge in [0.15, 0.2) is 0 Å². The molecule has 1 fully saturated rings. The third-order valence-corrected chi connectivity index (χ3v) is 2.69. The van der Waals surface area contributed by atoms with Gasteiger partial charge in [0.2, 0.25) is 5.91 Å². The van der Waals surface area contributed by atoms with Gasteiger partial charge in [-0.2, -0.15) is 0 Å². The topological polar surface area (TPSA) is 79.5 Å². The number of rotatable bonds is 5. The van der Waals surface area contributed by atoms with E-state index in [1.54, 1.807) is 6.92 Å². The number of carbonyl (C=O) groups excluding carboxylic acids is 2. The number of nitrogens with one attached hydrogen (secondary N) is 3. The maximum atomic E-state index is 11.6. The Balaban J connectivity index is 2.23. The van der Waals surface area contributed by atoms with E-state index in [2.05, 4.69) is 16.0 Å². The Morgan fingerprint density at radius 2 is 2.06 bits per heavy atom. The van der Waals surface area contributed by atoms with E-state index in [0.717, 1.165) is 6.42 Å². The normalized spacial score (nSPS) is 20.6. The fourth-order valence-electron chi connectivity index (χ4n) is 1.60. The largest absolute Gasteiger partial charge is 0.379 e. The number of hydrogen-bond acceptors (Lipinski definition) is 3. The van der Waals surface area contributed by atoms with Gasteiger partial charge in [-0.05, 0) is 19.3 Å². The van der Waals surface area contributed by atoms with Crippen molar-refractivity contribution in [3.63, 3.8) is 0 Å². The summed E-state index contributed by atoms with van der Waals surface area (Å²) in [7, 11) is 0. The van der Waals surface area contributed by atoms with Gasteiger partial charge in [-0.25, -0.2) is 4.79 Å². The molecule has 0 spiro atoms. The van der Waals surface area contributed by atoms with Crippen molar-refractivity contribution < 1.29 is 14.3 Å². The highest BCUT2D eigenvalue weighted by atomic mass is 16.5. The van der Waals surface area contributed by atoms with Crippen LogP contribution >= 0.6 is 0 Å². The van der Waals surface area contributed by atoms with Crippen LogP contribution in [0.4, 0.5) is 4.79 Å². The van der Waals surface area contributed by atoms with Gasteiger partial charge in [0.1, 0.15) is 6.04 Å². The molecule has 3 N–H and O–H groups in total. The molecule has 0 saturated carbocycles. The zero-order valence-electron chi connectivity index (χ0n) is 11.3. The fourth-order valence-corrected chi connectivity index (χ4v) is 1.60. The molecule has 1 rings (SSSR count). The maximum Gasteiger partial charge on any atom is 0.315 e. The van der Waals surface area contributed by atoms with E-state index in [4.69, 9.17) is 4.74 Å². The summed E-state index contributed by atoms with van der Waals surface area (Å²) in [5.74, 6) is 0.229. The predicted molar refractivity (Wildman–Crippen MR) is 68.2 cm³/mol. The van der Waals surface area contributed by atoms with Crippen LogP contribution in [0, 0.1) is 5.92 Å². The Labute approximate surface area is 108 Å². The van der Waals surface area contributed by atoms with Crippen LogP contribution in [0.5, 0.6) is 0 Å². The average molecular weight is 257 g/mol. The van der Waals surface area contributed by atoms with Crippen LogP contribution in [0.1, 0.15) is 27.2 Å². The highest BCUT2D eigenvalue weighted by Gasteiger charge is 2.20. The standard InChI is InChI=1S/C12H23N3O3/c1-8(2)6-13-11(16)9(3)14-12(17)15-10-4-5-18-7-10/h8-10H,4-7H2,1-3H3,(H,13,16)(H2,14,15,17). The number of urea groups is 1. The quantitative estimate of drug-likeness (QED) is 0.660. The van der Waals surface area contributed by atoms with Crippen molar-refractivity contribution in [2.45, 2.75) is 39.3 Å². The third kappa shape index (κ3) is 5.35. The highest BCUT2D eigenvalue weighted by Crippen LogP contribution is 2.02. The Kier molecular flexibility index (Phi) is 5.91. The summed E-state index contributed by atoms with van der Waals surface area (Å²) in [5, 5.41) is 8.16. The SMILES string of the molecule is CC(C)CNC(=O)C(C)NC(=O)NC1CCOC1. The number of hydrogen-bond donors (Lipinski definition) is 3. The molecule has 104 valence electrons. The molecule has 0 bridgehead atoms. The van der Waals surface area contributed by atoms with E-state index >= 15 is 0 Å². The van der Waals surface area contributed by atoms with Crippen LogP contribution in [-0.2, 0) is 9.53 Å². The van der Waals surface area contributed by atoms with Crippen molar-refractivity contribution in [1.29, 1.82) is 0 Å². The minimum atomic E-state index is -0.536. The number of amides is 3. The van der Waals surface area contributed by atoms with E-state index in [9.17, 15) is 9.59 Å².